The zero-order valence-electron chi connectivity index (χ0n) is 13.2. The molecular formula is C15H26N4O. The van der Waals surface area contributed by atoms with Crippen molar-refractivity contribution in [1.29, 1.82) is 0 Å². The first kappa shape index (κ1) is 15.0. The zero-order valence-corrected chi connectivity index (χ0v) is 13.2. The first-order chi connectivity index (χ1) is 9.56. The highest BCUT2D eigenvalue weighted by Gasteiger charge is 2.26. The van der Waals surface area contributed by atoms with E-state index in [1.807, 2.05) is 7.05 Å². The summed E-state index contributed by atoms with van der Waals surface area (Å²) in [7, 11) is 3.69. The Hall–Kier alpha value is -1.36. The predicted octanol–water partition coefficient (Wildman–Crippen LogP) is 2.42. The van der Waals surface area contributed by atoms with E-state index in [2.05, 4.69) is 36.0 Å². The lowest BCUT2D eigenvalue weighted by Gasteiger charge is -2.22. The van der Waals surface area contributed by atoms with Crippen LogP contribution in [0.25, 0.3) is 0 Å². The fraction of sp³-hybridized carbons (Fsp3) is 0.733. The first-order valence-electron chi connectivity index (χ1n) is 7.37. The van der Waals surface area contributed by atoms with E-state index >= 15 is 0 Å². The molecule has 1 unspecified atom stereocenters. The van der Waals surface area contributed by atoms with Crippen molar-refractivity contribution in [2.45, 2.75) is 33.1 Å². The molecule has 112 valence electrons. The Balaban J connectivity index is 2.29. The van der Waals surface area contributed by atoms with Gasteiger partial charge < -0.3 is 15.0 Å². The van der Waals surface area contributed by atoms with E-state index in [9.17, 15) is 0 Å². The summed E-state index contributed by atoms with van der Waals surface area (Å²) in [5.41, 5.74) is 1.13. The number of rotatable bonds is 5. The number of nitrogens with one attached hydrogen (secondary N) is 1. The van der Waals surface area contributed by atoms with Gasteiger partial charge in [-0.3, -0.25) is 0 Å². The van der Waals surface area contributed by atoms with E-state index in [1.54, 1.807) is 7.11 Å². The first-order valence-corrected chi connectivity index (χ1v) is 7.37. The van der Waals surface area contributed by atoms with E-state index in [-0.39, 0.29) is 0 Å². The van der Waals surface area contributed by atoms with E-state index < -0.39 is 0 Å². The van der Waals surface area contributed by atoms with Crippen LogP contribution in [0.2, 0.25) is 0 Å². The third kappa shape index (κ3) is 3.03. The molecule has 1 aliphatic rings. The van der Waals surface area contributed by atoms with Crippen LogP contribution in [0.1, 0.15) is 37.6 Å². The average molecular weight is 278 g/mol. The smallest absolute Gasteiger partial charge is 0.137 e. The van der Waals surface area contributed by atoms with Crippen molar-refractivity contribution < 1.29 is 4.74 Å². The van der Waals surface area contributed by atoms with Crippen molar-refractivity contribution in [2.24, 2.45) is 5.92 Å². The SMILES string of the molecule is CNc1nc(C(C)C)nc(N2CCC(COC)C2)c1C. The van der Waals surface area contributed by atoms with Gasteiger partial charge in [0.2, 0.25) is 0 Å². The third-order valence-electron chi connectivity index (χ3n) is 3.88. The van der Waals surface area contributed by atoms with Gasteiger partial charge in [-0.15, -0.1) is 0 Å². The maximum atomic E-state index is 5.28. The van der Waals surface area contributed by atoms with Gasteiger partial charge in [-0.05, 0) is 13.3 Å². The summed E-state index contributed by atoms with van der Waals surface area (Å²) in [6, 6.07) is 0. The molecule has 1 saturated heterocycles. The fourth-order valence-corrected chi connectivity index (χ4v) is 2.73. The van der Waals surface area contributed by atoms with Crippen molar-refractivity contribution in [1.82, 2.24) is 9.97 Å². The summed E-state index contributed by atoms with van der Waals surface area (Å²) in [6.45, 7) is 9.25. The van der Waals surface area contributed by atoms with Crippen molar-refractivity contribution in [3.05, 3.63) is 11.4 Å². The van der Waals surface area contributed by atoms with Crippen LogP contribution in [-0.2, 0) is 4.74 Å². The molecule has 0 aromatic carbocycles. The Morgan fingerprint density at radius 3 is 2.75 bits per heavy atom. The van der Waals surface area contributed by atoms with Crippen LogP contribution in [0.4, 0.5) is 11.6 Å². The van der Waals surface area contributed by atoms with Gasteiger partial charge in [-0.25, -0.2) is 9.97 Å². The molecule has 0 radical (unpaired) electrons. The van der Waals surface area contributed by atoms with E-state index in [0.717, 1.165) is 42.7 Å². The average Bonchev–Trinajstić information content (AvgIpc) is 2.87. The monoisotopic (exact) mass is 278 g/mol. The molecule has 5 nitrogen and oxygen atoms in total. The second-order valence-corrected chi connectivity index (χ2v) is 5.84. The molecule has 2 rings (SSSR count). The van der Waals surface area contributed by atoms with Gasteiger partial charge in [-0.2, -0.15) is 0 Å². The van der Waals surface area contributed by atoms with Crippen molar-refractivity contribution >= 4 is 11.6 Å². The minimum absolute atomic E-state index is 0.332. The van der Waals surface area contributed by atoms with Gasteiger partial charge >= 0.3 is 0 Å². The predicted molar refractivity (Wildman–Crippen MR) is 82.6 cm³/mol. The van der Waals surface area contributed by atoms with Crippen LogP contribution in [0.15, 0.2) is 0 Å². The van der Waals surface area contributed by atoms with Gasteiger partial charge in [0.05, 0.1) is 6.61 Å². The van der Waals surface area contributed by atoms with Crippen molar-refractivity contribution in [2.75, 3.05) is 44.1 Å². The highest BCUT2D eigenvalue weighted by Crippen LogP contribution is 2.29. The summed E-state index contributed by atoms with van der Waals surface area (Å²) >= 11 is 0. The topological polar surface area (TPSA) is 50.3 Å². The Labute approximate surface area is 121 Å². The lowest BCUT2D eigenvalue weighted by Crippen LogP contribution is -2.24. The van der Waals surface area contributed by atoms with Gasteiger partial charge in [0.1, 0.15) is 17.5 Å². The molecule has 1 aromatic rings. The van der Waals surface area contributed by atoms with Gasteiger partial charge in [0.25, 0.3) is 0 Å². The number of aromatic nitrogens is 2. The molecule has 1 aliphatic heterocycles. The van der Waals surface area contributed by atoms with Crippen LogP contribution >= 0.6 is 0 Å². The Bertz CT molecular complexity index is 461. The van der Waals surface area contributed by atoms with Gasteiger partial charge in [-0.1, -0.05) is 13.8 Å². The second-order valence-electron chi connectivity index (χ2n) is 5.84. The van der Waals surface area contributed by atoms with Crippen LogP contribution in [0.3, 0.4) is 0 Å². The van der Waals surface area contributed by atoms with Crippen LogP contribution in [0, 0.1) is 12.8 Å². The molecule has 0 amide bonds. The lowest BCUT2D eigenvalue weighted by molar-refractivity contribution is 0.161. The molecule has 1 atom stereocenters. The Morgan fingerprint density at radius 1 is 1.40 bits per heavy atom. The summed E-state index contributed by atoms with van der Waals surface area (Å²) in [4.78, 5) is 11.8. The maximum absolute atomic E-state index is 5.28. The standard InChI is InChI=1S/C15H26N4O/c1-10(2)13-17-14(16-4)11(3)15(18-13)19-7-6-12(8-19)9-20-5/h10,12H,6-9H2,1-5H3,(H,16,17,18). The maximum Gasteiger partial charge on any atom is 0.137 e. The van der Waals surface area contributed by atoms with Crippen LogP contribution in [-0.4, -0.2) is 43.8 Å². The van der Waals surface area contributed by atoms with Crippen LogP contribution in [0.5, 0.6) is 0 Å². The summed E-state index contributed by atoms with van der Waals surface area (Å²) in [5, 5.41) is 3.19. The highest BCUT2D eigenvalue weighted by atomic mass is 16.5. The van der Waals surface area contributed by atoms with Crippen molar-refractivity contribution in [3.8, 4) is 0 Å². The highest BCUT2D eigenvalue weighted by molar-refractivity contribution is 5.59. The van der Waals surface area contributed by atoms with Crippen LogP contribution < -0.4 is 10.2 Å². The van der Waals surface area contributed by atoms with Crippen molar-refractivity contribution in [3.63, 3.8) is 0 Å². The molecule has 5 heteroatoms. The molecular weight excluding hydrogens is 252 g/mol. The van der Waals surface area contributed by atoms with E-state index in [1.165, 1.54) is 6.42 Å². The molecule has 0 spiro atoms. The molecule has 1 fully saturated rings. The molecule has 20 heavy (non-hydrogen) atoms. The minimum Gasteiger partial charge on any atom is -0.384 e. The molecule has 0 aliphatic carbocycles. The summed E-state index contributed by atoms with van der Waals surface area (Å²) in [6.07, 6.45) is 1.17. The number of hydrogen-bond acceptors (Lipinski definition) is 5. The minimum atomic E-state index is 0.332. The Kier molecular flexibility index (Phi) is 4.81. The molecule has 1 N–H and O–H groups in total. The fourth-order valence-electron chi connectivity index (χ4n) is 2.73. The molecule has 2 heterocycles. The molecule has 1 aromatic heterocycles. The molecule has 0 saturated carbocycles. The second kappa shape index (κ2) is 6.39. The van der Waals surface area contributed by atoms with Gasteiger partial charge in [0, 0.05) is 44.6 Å². The largest absolute Gasteiger partial charge is 0.384 e. The van der Waals surface area contributed by atoms with Gasteiger partial charge in [0.15, 0.2) is 0 Å². The quantitative estimate of drug-likeness (QED) is 0.896. The normalized spacial score (nSPS) is 18.9. The third-order valence-corrected chi connectivity index (χ3v) is 3.88. The Morgan fingerprint density at radius 2 is 2.15 bits per heavy atom. The van der Waals surface area contributed by atoms with E-state index in [4.69, 9.17) is 9.72 Å². The summed E-state index contributed by atoms with van der Waals surface area (Å²) < 4.78 is 5.28. The molecule has 0 bridgehead atoms. The summed E-state index contributed by atoms with van der Waals surface area (Å²) in [5.74, 6) is 3.86. The number of nitrogens with zero attached hydrogens (tertiary/aromatic N) is 3. The number of hydrogen-bond donors (Lipinski definition) is 1. The number of ether oxygens (including phenoxy) is 1. The number of methoxy groups -OCH3 is 1. The number of anilines is 2. The van der Waals surface area contributed by atoms with E-state index in [0.29, 0.717) is 11.8 Å². The lowest BCUT2D eigenvalue weighted by atomic mass is 10.1. The zero-order chi connectivity index (χ0) is 14.7.